The molecule has 0 saturated heterocycles. The van der Waals surface area contributed by atoms with Crippen molar-refractivity contribution in [3.05, 3.63) is 54.1 Å². The first-order valence-electron chi connectivity index (χ1n) is 10.0. The van der Waals surface area contributed by atoms with Crippen molar-refractivity contribution >= 4 is 23.2 Å². The summed E-state index contributed by atoms with van der Waals surface area (Å²) in [5.41, 5.74) is 2.66. The van der Waals surface area contributed by atoms with Gasteiger partial charge in [-0.15, -0.1) is 0 Å². The Kier molecular flexibility index (Phi) is 8.68. The van der Waals surface area contributed by atoms with Crippen LogP contribution in [0.4, 0.5) is 11.4 Å². The average molecular weight is 398 g/mol. The molecule has 0 fully saturated rings. The predicted molar refractivity (Wildman–Crippen MR) is 118 cm³/mol. The van der Waals surface area contributed by atoms with Gasteiger partial charge < -0.3 is 15.4 Å². The van der Waals surface area contributed by atoms with Crippen molar-refractivity contribution in [2.45, 2.75) is 33.1 Å². The molecule has 0 radical (unpaired) electrons. The molecule has 0 unspecified atom stereocenters. The lowest BCUT2D eigenvalue weighted by Crippen LogP contribution is -2.38. The number of hydrogen-bond acceptors (Lipinski definition) is 4. The Bertz CT molecular complexity index is 805. The van der Waals surface area contributed by atoms with Crippen LogP contribution in [0.1, 0.15) is 38.7 Å². The van der Waals surface area contributed by atoms with E-state index in [1.807, 2.05) is 31.2 Å². The highest BCUT2D eigenvalue weighted by Gasteiger charge is 2.15. The number of methoxy groups -OCH3 is 1. The van der Waals surface area contributed by atoms with Crippen molar-refractivity contribution in [3.8, 4) is 5.75 Å². The zero-order valence-electron chi connectivity index (χ0n) is 17.7. The highest BCUT2D eigenvalue weighted by Crippen LogP contribution is 2.26. The van der Waals surface area contributed by atoms with Gasteiger partial charge in [0.2, 0.25) is 11.8 Å². The highest BCUT2D eigenvalue weighted by atomic mass is 16.5. The van der Waals surface area contributed by atoms with Crippen molar-refractivity contribution in [1.82, 2.24) is 4.90 Å². The van der Waals surface area contributed by atoms with E-state index >= 15 is 0 Å². The summed E-state index contributed by atoms with van der Waals surface area (Å²) < 4.78 is 5.11. The molecule has 0 aliphatic carbocycles. The monoisotopic (exact) mass is 397 g/mol. The lowest BCUT2D eigenvalue weighted by molar-refractivity contribution is -0.119. The maximum Gasteiger partial charge on any atom is 0.238 e. The number of ether oxygens (including phenoxy) is 1. The van der Waals surface area contributed by atoms with Gasteiger partial charge >= 0.3 is 0 Å². The number of hydrogen-bond donors (Lipinski definition) is 2. The van der Waals surface area contributed by atoms with Gasteiger partial charge in [-0.05, 0) is 54.8 Å². The van der Waals surface area contributed by atoms with Gasteiger partial charge in [0.15, 0.2) is 0 Å². The summed E-state index contributed by atoms with van der Waals surface area (Å²) in [4.78, 5) is 26.7. The number of benzene rings is 2. The smallest absolute Gasteiger partial charge is 0.238 e. The van der Waals surface area contributed by atoms with Crippen molar-refractivity contribution in [1.29, 1.82) is 0 Å². The van der Waals surface area contributed by atoms with Gasteiger partial charge in [-0.25, -0.2) is 0 Å². The van der Waals surface area contributed by atoms with Crippen molar-refractivity contribution in [2.75, 3.05) is 37.4 Å². The van der Waals surface area contributed by atoms with E-state index in [9.17, 15) is 9.59 Å². The molecule has 2 amide bonds. The van der Waals surface area contributed by atoms with Gasteiger partial charge in [-0.2, -0.15) is 0 Å². The fraction of sp³-hybridized carbons (Fsp3) is 0.391. The molecule has 6 nitrogen and oxygen atoms in total. The molecule has 0 heterocycles. The Morgan fingerprint density at radius 3 is 2.17 bits per heavy atom. The Morgan fingerprint density at radius 1 is 0.966 bits per heavy atom. The van der Waals surface area contributed by atoms with Crippen LogP contribution >= 0.6 is 0 Å². The third kappa shape index (κ3) is 6.91. The number of carbonyl (C=O) groups excluding carboxylic acids is 2. The lowest BCUT2D eigenvalue weighted by atomic mass is 9.97. The van der Waals surface area contributed by atoms with Gasteiger partial charge in [-0.3, -0.25) is 14.5 Å². The van der Waals surface area contributed by atoms with E-state index in [1.165, 1.54) is 0 Å². The van der Waals surface area contributed by atoms with Crippen molar-refractivity contribution < 1.29 is 14.3 Å². The maximum absolute atomic E-state index is 12.6. The molecule has 0 aromatic heterocycles. The number of anilines is 2. The molecule has 0 aliphatic heterocycles. The molecule has 1 atom stereocenters. The summed E-state index contributed by atoms with van der Waals surface area (Å²) >= 11 is 0. The third-order valence-corrected chi connectivity index (χ3v) is 4.93. The van der Waals surface area contributed by atoms with Gasteiger partial charge in [0.25, 0.3) is 0 Å². The molecule has 2 N–H and O–H groups in total. The first-order valence-corrected chi connectivity index (χ1v) is 10.0. The number of amides is 2. The topological polar surface area (TPSA) is 70.7 Å². The minimum absolute atomic E-state index is 0.125. The predicted octanol–water partition coefficient (Wildman–Crippen LogP) is 4.11. The van der Waals surface area contributed by atoms with E-state index in [-0.39, 0.29) is 24.9 Å². The summed E-state index contributed by atoms with van der Waals surface area (Å²) in [5, 5.41) is 5.84. The van der Waals surface area contributed by atoms with Crippen molar-refractivity contribution in [2.24, 2.45) is 0 Å². The standard InChI is InChI=1S/C23H31N3O3/c1-5-17(3)20-9-7-8-10-21(20)25-23(28)16-26(6-2)15-22(27)24-18-11-13-19(29-4)14-12-18/h7-14,17H,5-6,15-16H2,1-4H3,(H,24,27)(H,25,28)/t17-/m0/s1. The molecule has 0 aliphatic rings. The molecule has 2 rings (SSSR count). The van der Waals surface area contributed by atoms with Crippen molar-refractivity contribution in [3.63, 3.8) is 0 Å². The largest absolute Gasteiger partial charge is 0.497 e. The normalized spacial score (nSPS) is 11.8. The molecule has 2 aromatic carbocycles. The van der Waals surface area contributed by atoms with E-state index in [1.54, 1.807) is 36.3 Å². The molecule has 0 saturated carbocycles. The molecule has 156 valence electrons. The van der Waals surface area contributed by atoms with Gasteiger partial charge in [-0.1, -0.05) is 39.0 Å². The Balaban J connectivity index is 1.91. The fourth-order valence-corrected chi connectivity index (χ4v) is 3.01. The van der Waals surface area contributed by atoms with E-state index in [0.29, 0.717) is 18.2 Å². The molecule has 0 bridgehead atoms. The zero-order valence-corrected chi connectivity index (χ0v) is 17.7. The Labute approximate surface area is 173 Å². The molecule has 6 heteroatoms. The summed E-state index contributed by atoms with van der Waals surface area (Å²) in [5.74, 6) is 0.807. The van der Waals surface area contributed by atoms with Gasteiger partial charge in [0.05, 0.1) is 20.2 Å². The van der Waals surface area contributed by atoms with E-state index in [0.717, 1.165) is 23.4 Å². The average Bonchev–Trinajstić information content (AvgIpc) is 2.73. The van der Waals surface area contributed by atoms with Gasteiger partial charge in [0, 0.05) is 11.4 Å². The molecular weight excluding hydrogens is 366 g/mol. The summed E-state index contributed by atoms with van der Waals surface area (Å²) in [6.45, 7) is 7.10. The Morgan fingerprint density at radius 2 is 1.59 bits per heavy atom. The van der Waals surface area contributed by atoms with Crippen LogP contribution in [0.15, 0.2) is 48.5 Å². The van der Waals surface area contributed by atoms with Crippen LogP contribution in [0.5, 0.6) is 5.75 Å². The minimum atomic E-state index is -0.162. The lowest BCUT2D eigenvalue weighted by Gasteiger charge is -2.21. The number of carbonyl (C=O) groups is 2. The van der Waals surface area contributed by atoms with Crippen LogP contribution in [0.3, 0.4) is 0 Å². The maximum atomic E-state index is 12.6. The second-order valence-corrected chi connectivity index (χ2v) is 7.02. The fourth-order valence-electron chi connectivity index (χ4n) is 3.01. The van der Waals surface area contributed by atoms with Crippen LogP contribution in [0.2, 0.25) is 0 Å². The van der Waals surface area contributed by atoms with Crippen LogP contribution in [0, 0.1) is 0 Å². The number of nitrogens with one attached hydrogen (secondary N) is 2. The number of likely N-dealkylation sites (N-methyl/N-ethyl adjacent to an activating group) is 1. The summed E-state index contributed by atoms with van der Waals surface area (Å²) in [7, 11) is 1.60. The quantitative estimate of drug-likeness (QED) is 0.633. The van der Waals surface area contributed by atoms with Crippen LogP contribution in [-0.2, 0) is 9.59 Å². The highest BCUT2D eigenvalue weighted by molar-refractivity contribution is 5.95. The zero-order chi connectivity index (χ0) is 21.2. The molecule has 2 aromatic rings. The minimum Gasteiger partial charge on any atom is -0.497 e. The van der Waals surface area contributed by atoms with Crippen LogP contribution < -0.4 is 15.4 Å². The molecule has 0 spiro atoms. The SMILES string of the molecule is CC[C@H](C)c1ccccc1NC(=O)CN(CC)CC(=O)Nc1ccc(OC)cc1. The molecule has 29 heavy (non-hydrogen) atoms. The third-order valence-electron chi connectivity index (χ3n) is 4.93. The number of para-hydroxylation sites is 1. The summed E-state index contributed by atoms with van der Waals surface area (Å²) in [6.07, 6.45) is 1.000. The first kappa shape index (κ1) is 22.4. The first-order chi connectivity index (χ1) is 14.0. The second-order valence-electron chi connectivity index (χ2n) is 7.02. The van der Waals surface area contributed by atoms with Gasteiger partial charge in [0.1, 0.15) is 5.75 Å². The number of rotatable bonds is 10. The van der Waals surface area contributed by atoms with E-state index < -0.39 is 0 Å². The molecular formula is C23H31N3O3. The van der Waals surface area contributed by atoms with E-state index in [2.05, 4.69) is 24.5 Å². The number of nitrogens with zero attached hydrogens (tertiary/aromatic N) is 1. The van der Waals surface area contributed by atoms with Crippen LogP contribution in [0.25, 0.3) is 0 Å². The second kappa shape index (κ2) is 11.2. The van der Waals surface area contributed by atoms with Crippen LogP contribution in [-0.4, -0.2) is 43.5 Å². The summed E-state index contributed by atoms with van der Waals surface area (Å²) in [6, 6.07) is 15.0. The Hall–Kier alpha value is -2.86. The van der Waals surface area contributed by atoms with E-state index in [4.69, 9.17) is 4.74 Å².